The van der Waals surface area contributed by atoms with Gasteiger partial charge in [-0.25, -0.2) is 0 Å². The van der Waals surface area contributed by atoms with Gasteiger partial charge in [0.2, 0.25) is 0 Å². The Balaban J connectivity index is 2.26. The van der Waals surface area contributed by atoms with Crippen molar-refractivity contribution in [3.05, 3.63) is 35.0 Å². The monoisotopic (exact) mass is 242 g/mol. The van der Waals surface area contributed by atoms with Crippen LogP contribution in [0.3, 0.4) is 0 Å². The van der Waals surface area contributed by atoms with Gasteiger partial charge in [0, 0.05) is 23.1 Å². The predicted octanol–water partition coefficient (Wildman–Crippen LogP) is 3.01. The molecule has 1 aromatic carbocycles. The summed E-state index contributed by atoms with van der Waals surface area (Å²) >= 11 is 0. The largest absolute Gasteiger partial charge is 0.398 e. The van der Waals surface area contributed by atoms with E-state index in [-0.39, 0.29) is 0 Å². The summed E-state index contributed by atoms with van der Waals surface area (Å²) in [5.41, 5.74) is 11.6. The van der Waals surface area contributed by atoms with Crippen LogP contribution in [0.4, 0.5) is 5.69 Å². The van der Waals surface area contributed by atoms with Crippen molar-refractivity contribution < 1.29 is 4.74 Å². The second kappa shape index (κ2) is 4.25. The van der Waals surface area contributed by atoms with E-state index in [1.165, 1.54) is 5.56 Å². The molecule has 0 atom stereocenters. The number of ether oxygens (including phenoxy) is 1. The minimum absolute atomic E-state index is 0.501. The molecule has 1 aliphatic rings. The van der Waals surface area contributed by atoms with Crippen molar-refractivity contribution in [2.24, 2.45) is 0 Å². The van der Waals surface area contributed by atoms with E-state index in [1.807, 2.05) is 0 Å². The van der Waals surface area contributed by atoms with Crippen LogP contribution < -0.4 is 5.73 Å². The average molecular weight is 242 g/mol. The van der Waals surface area contributed by atoms with Crippen LogP contribution in [-0.2, 0) is 17.8 Å². The number of hydrogen-bond acceptors (Lipinski definition) is 3. The van der Waals surface area contributed by atoms with E-state index in [0.29, 0.717) is 12.5 Å². The van der Waals surface area contributed by atoms with Gasteiger partial charge in [0.1, 0.15) is 0 Å². The number of nitrogens with two attached hydrogens (primary N) is 1. The third-order valence-corrected chi connectivity index (χ3v) is 3.64. The molecule has 0 aliphatic carbocycles. The summed E-state index contributed by atoms with van der Waals surface area (Å²) in [4.78, 5) is 4.72. The Morgan fingerprint density at radius 2 is 2.17 bits per heavy atom. The number of nitrogens with zero attached hydrogens (tertiary/aromatic N) is 1. The molecule has 1 aliphatic heterocycles. The first-order valence-electron chi connectivity index (χ1n) is 6.45. The number of pyridine rings is 1. The molecule has 94 valence electrons. The summed E-state index contributed by atoms with van der Waals surface area (Å²) in [5.74, 6) is 0.501. The van der Waals surface area contributed by atoms with Gasteiger partial charge in [-0.2, -0.15) is 0 Å². The SMILES string of the molecule is CC(C)c1ccc2nc3c(c(N)c2c1)COCC3. The van der Waals surface area contributed by atoms with Crippen LogP contribution in [-0.4, -0.2) is 11.6 Å². The smallest absolute Gasteiger partial charge is 0.0755 e. The zero-order chi connectivity index (χ0) is 12.7. The second-order valence-corrected chi connectivity index (χ2v) is 5.18. The van der Waals surface area contributed by atoms with Crippen molar-refractivity contribution in [1.29, 1.82) is 0 Å². The van der Waals surface area contributed by atoms with Crippen molar-refractivity contribution in [3.8, 4) is 0 Å². The van der Waals surface area contributed by atoms with E-state index in [9.17, 15) is 0 Å². The topological polar surface area (TPSA) is 48.1 Å². The molecular formula is C15H18N2O. The number of aromatic nitrogens is 1. The first-order chi connectivity index (χ1) is 8.66. The van der Waals surface area contributed by atoms with Gasteiger partial charge in [-0.1, -0.05) is 19.9 Å². The minimum atomic E-state index is 0.501. The highest BCUT2D eigenvalue weighted by Crippen LogP contribution is 2.31. The Morgan fingerprint density at radius 1 is 1.33 bits per heavy atom. The van der Waals surface area contributed by atoms with Crippen molar-refractivity contribution in [2.45, 2.75) is 32.8 Å². The molecule has 0 radical (unpaired) electrons. The lowest BCUT2D eigenvalue weighted by molar-refractivity contribution is 0.110. The molecule has 3 nitrogen and oxygen atoms in total. The van der Waals surface area contributed by atoms with Crippen LogP contribution in [0, 0.1) is 0 Å². The number of anilines is 1. The minimum Gasteiger partial charge on any atom is -0.398 e. The molecule has 2 N–H and O–H groups in total. The molecule has 0 saturated heterocycles. The first kappa shape index (κ1) is 11.5. The Morgan fingerprint density at radius 3 is 2.94 bits per heavy atom. The van der Waals surface area contributed by atoms with Crippen LogP contribution in [0.5, 0.6) is 0 Å². The van der Waals surface area contributed by atoms with Gasteiger partial charge < -0.3 is 10.5 Å². The van der Waals surface area contributed by atoms with Crippen LogP contribution >= 0.6 is 0 Å². The third kappa shape index (κ3) is 1.75. The number of nitrogen functional groups attached to an aromatic ring is 1. The standard InChI is InChI=1S/C15H18N2O/c1-9(2)10-3-4-13-11(7-10)15(16)12-8-18-6-5-14(12)17-13/h3-4,7,9H,5-6,8H2,1-2H3,(H2,16,17). The molecule has 0 saturated carbocycles. The molecule has 1 aromatic heterocycles. The van der Waals surface area contributed by atoms with E-state index in [2.05, 4.69) is 32.0 Å². The maximum Gasteiger partial charge on any atom is 0.0755 e. The van der Waals surface area contributed by atoms with Crippen LogP contribution in [0.1, 0.15) is 36.6 Å². The highest BCUT2D eigenvalue weighted by molar-refractivity contribution is 5.92. The quantitative estimate of drug-likeness (QED) is 0.836. The summed E-state index contributed by atoms with van der Waals surface area (Å²) in [6.07, 6.45) is 0.863. The highest BCUT2D eigenvalue weighted by Gasteiger charge is 2.17. The van der Waals surface area contributed by atoms with E-state index in [4.69, 9.17) is 15.5 Å². The fraction of sp³-hybridized carbons (Fsp3) is 0.400. The fourth-order valence-corrected chi connectivity index (χ4v) is 2.47. The number of fused-ring (bicyclic) bond motifs is 2. The summed E-state index contributed by atoms with van der Waals surface area (Å²) in [6, 6.07) is 6.39. The Labute approximate surface area is 107 Å². The Bertz CT molecular complexity index is 605. The van der Waals surface area contributed by atoms with E-state index >= 15 is 0 Å². The molecule has 2 heterocycles. The van der Waals surface area contributed by atoms with Crippen molar-refractivity contribution in [1.82, 2.24) is 4.98 Å². The number of hydrogen-bond donors (Lipinski definition) is 1. The second-order valence-electron chi connectivity index (χ2n) is 5.18. The Kier molecular flexibility index (Phi) is 2.71. The first-order valence-corrected chi connectivity index (χ1v) is 6.45. The van der Waals surface area contributed by atoms with Crippen LogP contribution in [0.2, 0.25) is 0 Å². The van der Waals surface area contributed by atoms with Gasteiger partial charge >= 0.3 is 0 Å². The normalized spacial score (nSPS) is 15.1. The van der Waals surface area contributed by atoms with E-state index < -0.39 is 0 Å². The zero-order valence-electron chi connectivity index (χ0n) is 10.9. The van der Waals surface area contributed by atoms with Gasteiger partial charge in [0.15, 0.2) is 0 Å². The lowest BCUT2D eigenvalue weighted by atomic mass is 9.98. The van der Waals surface area contributed by atoms with Crippen molar-refractivity contribution in [3.63, 3.8) is 0 Å². The molecule has 18 heavy (non-hydrogen) atoms. The number of rotatable bonds is 1. The Hall–Kier alpha value is -1.61. The summed E-state index contributed by atoms with van der Waals surface area (Å²) in [7, 11) is 0. The molecule has 2 aromatic rings. The summed E-state index contributed by atoms with van der Waals surface area (Å²) < 4.78 is 5.48. The zero-order valence-corrected chi connectivity index (χ0v) is 10.9. The molecule has 3 rings (SSSR count). The molecule has 0 fully saturated rings. The predicted molar refractivity (Wildman–Crippen MR) is 73.6 cm³/mol. The lowest BCUT2D eigenvalue weighted by Crippen LogP contribution is -2.14. The highest BCUT2D eigenvalue weighted by atomic mass is 16.5. The van der Waals surface area contributed by atoms with Gasteiger partial charge in [0.25, 0.3) is 0 Å². The number of benzene rings is 1. The maximum absolute atomic E-state index is 6.29. The van der Waals surface area contributed by atoms with Crippen LogP contribution in [0.25, 0.3) is 10.9 Å². The summed E-state index contributed by atoms with van der Waals surface area (Å²) in [5, 5.41) is 1.06. The van der Waals surface area contributed by atoms with Gasteiger partial charge in [-0.3, -0.25) is 4.98 Å². The molecule has 0 unspecified atom stereocenters. The van der Waals surface area contributed by atoms with Crippen LogP contribution in [0.15, 0.2) is 18.2 Å². The molecule has 0 amide bonds. The van der Waals surface area contributed by atoms with E-state index in [1.54, 1.807) is 0 Å². The molecule has 0 spiro atoms. The van der Waals surface area contributed by atoms with Crippen molar-refractivity contribution >= 4 is 16.6 Å². The van der Waals surface area contributed by atoms with Crippen molar-refractivity contribution in [2.75, 3.05) is 12.3 Å². The third-order valence-electron chi connectivity index (χ3n) is 3.64. The molecular weight excluding hydrogens is 224 g/mol. The summed E-state index contributed by atoms with van der Waals surface area (Å²) in [6.45, 7) is 5.71. The lowest BCUT2D eigenvalue weighted by Gasteiger charge is -2.19. The average Bonchev–Trinajstić information content (AvgIpc) is 2.38. The maximum atomic E-state index is 6.29. The van der Waals surface area contributed by atoms with E-state index in [0.717, 1.165) is 40.9 Å². The fourth-order valence-electron chi connectivity index (χ4n) is 2.47. The molecule has 3 heteroatoms. The van der Waals surface area contributed by atoms with Gasteiger partial charge in [-0.05, 0) is 23.6 Å². The van der Waals surface area contributed by atoms with Gasteiger partial charge in [0.05, 0.1) is 24.4 Å². The molecule has 0 bridgehead atoms. The van der Waals surface area contributed by atoms with Gasteiger partial charge in [-0.15, -0.1) is 0 Å².